The van der Waals surface area contributed by atoms with E-state index >= 15 is 0 Å². The molecule has 1 aromatic heterocycles. The number of benzene rings is 1. The number of nitrogens with one attached hydrogen (secondary N) is 1. The molecule has 2 aliphatic carbocycles. The summed E-state index contributed by atoms with van der Waals surface area (Å²) in [6, 6.07) is 4.44. The average Bonchev–Trinajstić information content (AvgIpc) is 3.31. The monoisotopic (exact) mass is 446 g/mol. The Kier molecular flexibility index (Phi) is 5.83. The van der Waals surface area contributed by atoms with Gasteiger partial charge in [-0.05, 0) is 62.6 Å². The summed E-state index contributed by atoms with van der Waals surface area (Å²) in [5, 5.41) is 14.9. The molecule has 2 aliphatic rings. The molecule has 2 aromatic rings. The van der Waals surface area contributed by atoms with E-state index in [0.717, 1.165) is 19.3 Å². The fourth-order valence-corrected chi connectivity index (χ4v) is 5.41. The number of fused-ring (bicyclic) bond motifs is 3. The first-order valence-corrected chi connectivity index (χ1v) is 11.0. The van der Waals surface area contributed by atoms with Gasteiger partial charge in [0.15, 0.2) is 0 Å². The number of esters is 1. The third-order valence-electron chi connectivity index (χ3n) is 6.79. The van der Waals surface area contributed by atoms with Crippen molar-refractivity contribution in [2.24, 2.45) is 11.8 Å². The van der Waals surface area contributed by atoms with Crippen LogP contribution < -0.4 is 10.9 Å². The maximum absolute atomic E-state index is 13.0. The highest BCUT2D eigenvalue weighted by atomic mass is 35.5. The summed E-state index contributed by atoms with van der Waals surface area (Å²) < 4.78 is 6.48. The number of hydrogen-bond acceptors (Lipinski definition) is 5. The molecular formula is C23H27ClN2O5. The van der Waals surface area contributed by atoms with Gasteiger partial charge in [0.05, 0.1) is 22.2 Å². The molecule has 1 aromatic carbocycles. The molecule has 0 aliphatic heterocycles. The number of aliphatic hydroxyl groups is 1. The van der Waals surface area contributed by atoms with Crippen molar-refractivity contribution >= 4 is 34.2 Å². The van der Waals surface area contributed by atoms with E-state index in [2.05, 4.69) is 5.32 Å². The summed E-state index contributed by atoms with van der Waals surface area (Å²) in [7, 11) is 0. The Labute approximate surface area is 185 Å². The van der Waals surface area contributed by atoms with Crippen LogP contribution >= 0.6 is 11.6 Å². The Hall–Kier alpha value is -2.38. The first kappa shape index (κ1) is 21.8. The second kappa shape index (κ2) is 8.28. The second-order valence-corrected chi connectivity index (χ2v) is 9.34. The molecule has 166 valence electrons. The Morgan fingerprint density at radius 2 is 2.10 bits per heavy atom. The lowest BCUT2D eigenvalue weighted by atomic mass is 9.84. The predicted molar refractivity (Wildman–Crippen MR) is 117 cm³/mol. The van der Waals surface area contributed by atoms with Gasteiger partial charge in [-0.1, -0.05) is 11.6 Å². The SMILES string of the molecule is CC(=O)OC[C@@H](C)n1ccc2c(C(=O)NCC3(O)CC4CCC3C4)c(Cl)ccc2c1=O. The number of aromatic nitrogens is 1. The Morgan fingerprint density at radius 1 is 1.32 bits per heavy atom. The number of pyridine rings is 1. The van der Waals surface area contributed by atoms with Gasteiger partial charge in [-0.2, -0.15) is 0 Å². The van der Waals surface area contributed by atoms with Crippen LogP contribution in [0.1, 0.15) is 55.9 Å². The third-order valence-corrected chi connectivity index (χ3v) is 7.10. The minimum absolute atomic E-state index is 0.0718. The van der Waals surface area contributed by atoms with Crippen molar-refractivity contribution in [3.8, 4) is 0 Å². The number of hydrogen-bond donors (Lipinski definition) is 2. The summed E-state index contributed by atoms with van der Waals surface area (Å²) in [5.74, 6) is -0.0485. The Balaban J connectivity index is 1.59. The largest absolute Gasteiger partial charge is 0.464 e. The van der Waals surface area contributed by atoms with E-state index in [1.807, 2.05) is 0 Å². The van der Waals surface area contributed by atoms with Crippen molar-refractivity contribution in [3.63, 3.8) is 0 Å². The summed E-state index contributed by atoms with van der Waals surface area (Å²) in [4.78, 5) is 37.1. The van der Waals surface area contributed by atoms with Crippen LogP contribution in [0.4, 0.5) is 0 Å². The van der Waals surface area contributed by atoms with Crippen molar-refractivity contribution in [3.05, 3.63) is 45.3 Å². The molecule has 0 spiro atoms. The van der Waals surface area contributed by atoms with Crippen LogP contribution in [0.15, 0.2) is 29.2 Å². The molecule has 2 saturated carbocycles. The first-order chi connectivity index (χ1) is 14.7. The fourth-order valence-electron chi connectivity index (χ4n) is 5.16. The summed E-state index contributed by atoms with van der Waals surface area (Å²) in [6.07, 6.45) is 5.46. The van der Waals surface area contributed by atoms with E-state index in [-0.39, 0.29) is 41.3 Å². The maximum atomic E-state index is 13.0. The highest BCUT2D eigenvalue weighted by Gasteiger charge is 2.49. The first-order valence-electron chi connectivity index (χ1n) is 10.7. The van der Waals surface area contributed by atoms with Crippen LogP contribution in [0.25, 0.3) is 10.8 Å². The molecule has 8 heteroatoms. The summed E-state index contributed by atoms with van der Waals surface area (Å²) >= 11 is 6.34. The number of carbonyl (C=O) groups is 2. The van der Waals surface area contributed by atoms with E-state index in [4.69, 9.17) is 16.3 Å². The lowest BCUT2D eigenvalue weighted by molar-refractivity contribution is -0.141. The van der Waals surface area contributed by atoms with Crippen molar-refractivity contribution in [1.29, 1.82) is 0 Å². The van der Waals surface area contributed by atoms with Crippen LogP contribution in [-0.2, 0) is 9.53 Å². The maximum Gasteiger partial charge on any atom is 0.302 e. The van der Waals surface area contributed by atoms with Crippen LogP contribution in [0.3, 0.4) is 0 Å². The van der Waals surface area contributed by atoms with Gasteiger partial charge in [0.1, 0.15) is 6.61 Å². The highest BCUT2D eigenvalue weighted by Crippen LogP contribution is 2.50. The minimum atomic E-state index is -0.867. The van der Waals surface area contributed by atoms with Gasteiger partial charge in [-0.15, -0.1) is 0 Å². The van der Waals surface area contributed by atoms with Crippen LogP contribution in [0.2, 0.25) is 5.02 Å². The van der Waals surface area contributed by atoms with Gasteiger partial charge in [0, 0.05) is 30.4 Å². The summed E-state index contributed by atoms with van der Waals surface area (Å²) in [5.41, 5.74) is -0.938. The predicted octanol–water partition coefficient (Wildman–Crippen LogP) is 3.06. The lowest BCUT2D eigenvalue weighted by Crippen LogP contribution is -2.46. The zero-order valence-electron chi connectivity index (χ0n) is 17.7. The van der Waals surface area contributed by atoms with Gasteiger partial charge in [-0.3, -0.25) is 14.4 Å². The molecule has 2 bridgehead atoms. The van der Waals surface area contributed by atoms with Crippen molar-refractivity contribution in [1.82, 2.24) is 9.88 Å². The topological polar surface area (TPSA) is 97.6 Å². The van der Waals surface area contributed by atoms with Gasteiger partial charge < -0.3 is 19.7 Å². The molecule has 2 N–H and O–H groups in total. The Bertz CT molecular complexity index is 1100. The van der Waals surface area contributed by atoms with Gasteiger partial charge >= 0.3 is 5.97 Å². The zero-order chi connectivity index (χ0) is 22.3. The second-order valence-electron chi connectivity index (χ2n) is 8.93. The lowest BCUT2D eigenvalue weighted by Gasteiger charge is -2.32. The van der Waals surface area contributed by atoms with Crippen LogP contribution in [0, 0.1) is 11.8 Å². The van der Waals surface area contributed by atoms with Crippen LogP contribution in [0.5, 0.6) is 0 Å². The quantitative estimate of drug-likeness (QED) is 0.664. The third kappa shape index (κ3) is 4.08. The number of halogens is 1. The molecule has 3 unspecified atom stereocenters. The molecule has 0 radical (unpaired) electrons. The smallest absolute Gasteiger partial charge is 0.302 e. The molecule has 7 nitrogen and oxygen atoms in total. The molecule has 1 amide bonds. The van der Waals surface area contributed by atoms with Crippen LogP contribution in [-0.4, -0.2) is 40.3 Å². The molecule has 4 atom stereocenters. The standard InChI is InChI=1S/C23H27ClN2O5/c1-13(11-31-14(2)27)26-8-7-17-18(22(26)29)5-6-19(24)20(17)21(28)25-12-23(30)10-15-3-4-16(23)9-15/h5-8,13,15-16,30H,3-4,9-12H2,1-2H3,(H,25,28)/t13-,15?,16?,23?/m1/s1. The zero-order valence-corrected chi connectivity index (χ0v) is 18.4. The van der Waals surface area contributed by atoms with Gasteiger partial charge in [-0.25, -0.2) is 0 Å². The highest BCUT2D eigenvalue weighted by molar-refractivity contribution is 6.35. The number of rotatable bonds is 6. The van der Waals surface area contributed by atoms with Gasteiger partial charge in [0.25, 0.3) is 11.5 Å². The molecular weight excluding hydrogens is 420 g/mol. The molecule has 0 saturated heterocycles. The van der Waals surface area contributed by atoms with E-state index in [9.17, 15) is 19.5 Å². The van der Waals surface area contributed by atoms with E-state index in [0.29, 0.717) is 23.1 Å². The number of nitrogens with zero attached hydrogens (tertiary/aromatic N) is 1. The van der Waals surface area contributed by atoms with Gasteiger partial charge in [0.2, 0.25) is 0 Å². The normalized spacial score (nSPS) is 25.5. The van der Waals surface area contributed by atoms with Crippen molar-refractivity contribution < 1.29 is 19.4 Å². The number of carbonyl (C=O) groups excluding carboxylic acids is 2. The average molecular weight is 447 g/mol. The minimum Gasteiger partial charge on any atom is -0.464 e. The number of amides is 1. The molecule has 1 heterocycles. The Morgan fingerprint density at radius 3 is 2.74 bits per heavy atom. The van der Waals surface area contributed by atoms with E-state index in [1.54, 1.807) is 25.3 Å². The molecule has 4 rings (SSSR count). The molecule has 31 heavy (non-hydrogen) atoms. The number of ether oxygens (including phenoxy) is 1. The molecule has 2 fully saturated rings. The van der Waals surface area contributed by atoms with Crippen molar-refractivity contribution in [2.75, 3.05) is 13.2 Å². The van der Waals surface area contributed by atoms with Crippen molar-refractivity contribution in [2.45, 2.75) is 51.2 Å². The summed E-state index contributed by atoms with van der Waals surface area (Å²) in [6.45, 7) is 3.34. The van der Waals surface area contributed by atoms with E-state index < -0.39 is 17.5 Å². The fraction of sp³-hybridized carbons (Fsp3) is 0.522. The van der Waals surface area contributed by atoms with E-state index in [1.165, 1.54) is 17.6 Å².